The lowest BCUT2D eigenvalue weighted by Crippen LogP contribution is -2.55. The minimum atomic E-state index is -6.27. The highest BCUT2D eigenvalue weighted by Gasteiger charge is 2.49. The molecule has 15 nitrogen and oxygen atoms in total. The van der Waals surface area contributed by atoms with Gasteiger partial charge in [0.25, 0.3) is 0 Å². The maximum atomic E-state index is 14.3. The van der Waals surface area contributed by atoms with Crippen molar-refractivity contribution in [3.8, 4) is 34.1 Å². The van der Waals surface area contributed by atoms with E-state index in [1.165, 1.54) is 63.4 Å². The number of carbonyl (C=O) groups excluding carboxylic acids is 4. The zero-order chi connectivity index (χ0) is 42.7. The summed E-state index contributed by atoms with van der Waals surface area (Å²) in [5.74, 6) is -4.82. The molecule has 21 heteroatoms. The van der Waals surface area contributed by atoms with Crippen LogP contribution >= 0.6 is 23.2 Å². The van der Waals surface area contributed by atoms with Gasteiger partial charge in [-0.15, -0.1) is 0 Å². The molecular formula is C37H33Cl2F3N4O11S. The lowest BCUT2D eigenvalue weighted by molar-refractivity contribution is -0.135. The quantitative estimate of drug-likeness (QED) is 0.111. The highest BCUT2D eigenvalue weighted by molar-refractivity contribution is 7.90. The predicted molar refractivity (Wildman–Crippen MR) is 202 cm³/mol. The summed E-state index contributed by atoms with van der Waals surface area (Å²) in [6, 6.07) is 9.63. The first-order valence-electron chi connectivity index (χ1n) is 16.6. The van der Waals surface area contributed by atoms with E-state index in [-0.39, 0.29) is 60.9 Å². The van der Waals surface area contributed by atoms with Crippen molar-refractivity contribution >= 4 is 56.9 Å². The average molecular weight is 870 g/mol. The van der Waals surface area contributed by atoms with Crippen molar-refractivity contribution in [2.75, 3.05) is 28.4 Å². The van der Waals surface area contributed by atoms with E-state index in [0.29, 0.717) is 0 Å². The molecule has 1 aliphatic heterocycles. The summed E-state index contributed by atoms with van der Waals surface area (Å²) in [5, 5.41) is 18.0. The van der Waals surface area contributed by atoms with E-state index in [0.717, 1.165) is 24.3 Å². The van der Waals surface area contributed by atoms with Gasteiger partial charge >= 0.3 is 21.5 Å². The number of nitrogens with one attached hydrogen (secondary N) is 4. The molecule has 4 atom stereocenters. The Balaban J connectivity index is 1.73. The molecule has 3 amide bonds. The Hall–Kier alpha value is -5.60. The van der Waals surface area contributed by atoms with Crippen molar-refractivity contribution in [2.45, 2.75) is 29.7 Å². The summed E-state index contributed by atoms with van der Waals surface area (Å²) in [4.78, 5) is 54.9. The molecule has 58 heavy (non-hydrogen) atoms. The number of aliphatic hydroxyl groups excluding tert-OH is 1. The number of methoxy groups -OCH3 is 3. The van der Waals surface area contributed by atoms with Crippen molar-refractivity contribution in [1.82, 2.24) is 20.7 Å². The Kier molecular flexibility index (Phi) is 13.1. The summed E-state index contributed by atoms with van der Waals surface area (Å²) in [6.45, 7) is 0. The van der Waals surface area contributed by atoms with Crippen molar-refractivity contribution in [3.63, 3.8) is 0 Å². The zero-order valence-electron chi connectivity index (χ0n) is 30.6. The second kappa shape index (κ2) is 17.5. The number of carbonyl (C=O) groups is 4. The molecule has 5 rings (SSSR count). The fraction of sp³-hybridized carbons (Fsp3) is 0.243. The van der Waals surface area contributed by atoms with Crippen LogP contribution in [0.15, 0.2) is 72.8 Å². The van der Waals surface area contributed by atoms with Gasteiger partial charge in [-0.3, -0.25) is 14.4 Å². The highest BCUT2D eigenvalue weighted by Crippen LogP contribution is 2.45. The molecule has 0 spiro atoms. The van der Waals surface area contributed by atoms with Crippen LogP contribution in [0.25, 0.3) is 11.1 Å². The van der Waals surface area contributed by atoms with Gasteiger partial charge in [0.1, 0.15) is 41.5 Å². The van der Waals surface area contributed by atoms with Crippen LogP contribution in [-0.4, -0.2) is 77.1 Å². The largest absolute Gasteiger partial charge is 0.511 e. The molecule has 0 aromatic heterocycles. The maximum absolute atomic E-state index is 14.3. The Bertz CT molecular complexity index is 2350. The molecule has 1 unspecified atom stereocenters. The topological polar surface area (TPSA) is 208 Å². The van der Waals surface area contributed by atoms with Crippen LogP contribution in [0.2, 0.25) is 10.0 Å². The SMILES string of the molecule is CNC(=O)C1NC(=O)[C@H]([C@H](O)c2cc(Cl)c(OC(=O)c3ccccc3)c(Cl)c2)NC(=O)[C@H](NS(=O)(=O)C(F)(F)F)c2ccc(OC)c(c2)-c2c(OC)cc(OC)cc21. The van der Waals surface area contributed by atoms with Gasteiger partial charge in [0.15, 0.2) is 5.75 Å². The van der Waals surface area contributed by atoms with E-state index in [9.17, 15) is 45.9 Å². The van der Waals surface area contributed by atoms with Gasteiger partial charge in [-0.05, 0) is 59.2 Å². The lowest BCUT2D eigenvalue weighted by atomic mass is 9.89. The van der Waals surface area contributed by atoms with Crippen LogP contribution in [0.1, 0.15) is 45.2 Å². The molecule has 2 bridgehead atoms. The first-order chi connectivity index (χ1) is 27.3. The van der Waals surface area contributed by atoms with Crippen molar-refractivity contribution in [2.24, 2.45) is 0 Å². The predicted octanol–water partition coefficient (Wildman–Crippen LogP) is 4.52. The van der Waals surface area contributed by atoms with E-state index in [1.807, 2.05) is 0 Å². The Morgan fingerprint density at radius 2 is 1.50 bits per heavy atom. The van der Waals surface area contributed by atoms with E-state index < -0.39 is 69.0 Å². The van der Waals surface area contributed by atoms with Gasteiger partial charge in [0.05, 0.1) is 36.9 Å². The minimum absolute atomic E-state index is 0.00520. The maximum Gasteiger partial charge on any atom is 0.511 e. The van der Waals surface area contributed by atoms with E-state index in [2.05, 4.69) is 16.0 Å². The second-order valence-corrected chi connectivity index (χ2v) is 14.8. The lowest BCUT2D eigenvalue weighted by Gasteiger charge is -2.31. The van der Waals surface area contributed by atoms with Crippen LogP contribution in [0.4, 0.5) is 13.2 Å². The average Bonchev–Trinajstić information content (AvgIpc) is 3.20. The van der Waals surface area contributed by atoms with Gasteiger partial charge in [0, 0.05) is 24.2 Å². The number of hydrogen-bond acceptors (Lipinski definition) is 11. The molecule has 1 aliphatic rings. The van der Waals surface area contributed by atoms with Gasteiger partial charge in [-0.25, -0.2) is 13.2 Å². The number of likely N-dealkylation sites (N-methyl/N-ethyl adjacent to an activating group) is 1. The molecule has 0 radical (unpaired) electrons. The first-order valence-corrected chi connectivity index (χ1v) is 18.9. The van der Waals surface area contributed by atoms with Crippen molar-refractivity contribution in [3.05, 3.63) is 105 Å². The molecule has 0 aliphatic carbocycles. The summed E-state index contributed by atoms with van der Waals surface area (Å²) < 4.78 is 89.8. The van der Waals surface area contributed by atoms with Crippen molar-refractivity contribution in [1.29, 1.82) is 0 Å². The number of amides is 3. The molecule has 5 N–H and O–H groups in total. The van der Waals surface area contributed by atoms with Crippen LogP contribution in [0.3, 0.4) is 0 Å². The second-order valence-electron chi connectivity index (χ2n) is 12.3. The fourth-order valence-corrected chi connectivity index (χ4v) is 7.22. The van der Waals surface area contributed by atoms with Crippen LogP contribution in [-0.2, 0) is 24.4 Å². The Morgan fingerprint density at radius 1 is 0.862 bits per heavy atom. The van der Waals surface area contributed by atoms with Crippen molar-refractivity contribution < 1.29 is 64.8 Å². The van der Waals surface area contributed by atoms with Gasteiger partial charge in [0.2, 0.25) is 17.7 Å². The number of rotatable bonds is 10. The summed E-state index contributed by atoms with van der Waals surface area (Å²) in [5.41, 5.74) is -6.54. The molecule has 0 saturated heterocycles. The number of benzene rings is 4. The number of aliphatic hydroxyl groups is 1. The number of hydrogen-bond donors (Lipinski definition) is 5. The molecular weight excluding hydrogens is 836 g/mol. The van der Waals surface area contributed by atoms with E-state index in [1.54, 1.807) is 18.2 Å². The molecule has 308 valence electrons. The van der Waals surface area contributed by atoms with Gasteiger partial charge < -0.3 is 40.0 Å². The standard InChI is InChI=1S/C37H33Cl2F3N4O11S/c1-43-33(48)29-22-15-20(54-2)16-26(56-4)27(22)21-12-18(10-11-25(21)55-3)28(46-58(52,53)37(40,41)42)34(49)45-30(35(50)44-29)31(47)19-13-23(38)32(24(39)14-19)57-36(51)17-8-6-5-7-9-17/h5-16,28-31,46-47H,1-4H3,(H,43,48)(H,44,50)(H,45,49)/t28-,29?,30+,31-/m1/s1. The van der Waals surface area contributed by atoms with Gasteiger partial charge in [-0.2, -0.15) is 17.9 Å². The van der Waals surface area contributed by atoms with E-state index >= 15 is 0 Å². The number of fused-ring (bicyclic) bond motifs is 4. The Morgan fingerprint density at radius 3 is 2.07 bits per heavy atom. The number of halogens is 5. The monoisotopic (exact) mass is 868 g/mol. The van der Waals surface area contributed by atoms with Crippen LogP contribution < -0.4 is 39.6 Å². The number of sulfonamides is 1. The van der Waals surface area contributed by atoms with Crippen LogP contribution in [0, 0.1) is 0 Å². The summed E-state index contributed by atoms with van der Waals surface area (Å²) >= 11 is 12.9. The first kappa shape index (κ1) is 43.5. The summed E-state index contributed by atoms with van der Waals surface area (Å²) in [6.07, 6.45) is -2.18. The third-order valence-corrected chi connectivity index (χ3v) is 10.5. The molecule has 0 saturated carbocycles. The normalized spacial score (nSPS) is 17.6. The Labute approximate surface area is 338 Å². The zero-order valence-corrected chi connectivity index (χ0v) is 32.9. The third-order valence-electron chi connectivity index (χ3n) is 8.80. The molecule has 1 heterocycles. The molecule has 4 aromatic rings. The third kappa shape index (κ3) is 8.92. The van der Waals surface area contributed by atoms with Crippen LogP contribution in [0.5, 0.6) is 23.0 Å². The van der Waals surface area contributed by atoms with Gasteiger partial charge in [-0.1, -0.05) is 47.5 Å². The number of esters is 1. The highest BCUT2D eigenvalue weighted by atomic mass is 35.5. The fourth-order valence-electron chi connectivity index (χ4n) is 5.95. The summed E-state index contributed by atoms with van der Waals surface area (Å²) in [7, 11) is -1.22. The number of alkyl halides is 3. The number of ether oxygens (including phenoxy) is 4. The smallest absolute Gasteiger partial charge is 0.497 e. The molecule has 4 aromatic carbocycles. The minimum Gasteiger partial charge on any atom is -0.497 e. The molecule has 0 fully saturated rings. The van der Waals surface area contributed by atoms with E-state index in [4.69, 9.17) is 42.1 Å².